The van der Waals surface area contributed by atoms with Gasteiger partial charge < -0.3 is 9.84 Å². The lowest BCUT2D eigenvalue weighted by atomic mass is 10.2. The van der Waals surface area contributed by atoms with Gasteiger partial charge in [0.2, 0.25) is 0 Å². The first-order chi connectivity index (χ1) is 5.77. The fourth-order valence-corrected chi connectivity index (χ4v) is 1.41. The van der Waals surface area contributed by atoms with Crippen LogP contribution in [0.25, 0.3) is 0 Å². The number of hydrogen-bond donors (Lipinski definition) is 1. The van der Waals surface area contributed by atoms with Gasteiger partial charge in [0, 0.05) is 19.1 Å². The van der Waals surface area contributed by atoms with Crippen LogP contribution in [-0.2, 0) is 4.74 Å². The van der Waals surface area contributed by atoms with Crippen molar-refractivity contribution in [1.82, 2.24) is 4.90 Å². The van der Waals surface area contributed by atoms with Gasteiger partial charge in [-0.1, -0.05) is 0 Å². The van der Waals surface area contributed by atoms with Crippen molar-refractivity contribution in [2.24, 2.45) is 0 Å². The molecule has 0 saturated carbocycles. The molecule has 0 aliphatic carbocycles. The Bertz CT molecular complexity index is 134. The smallest absolute Gasteiger partial charge is 0.102 e. The van der Waals surface area contributed by atoms with Crippen molar-refractivity contribution in [2.45, 2.75) is 19.1 Å². The summed E-state index contributed by atoms with van der Waals surface area (Å²) in [5.74, 6) is 0. The van der Waals surface area contributed by atoms with Gasteiger partial charge in [0.05, 0.1) is 19.3 Å². The zero-order valence-corrected chi connectivity index (χ0v) is 7.37. The molecule has 1 rings (SSSR count). The molecule has 1 fully saturated rings. The molecule has 0 aromatic carbocycles. The topological polar surface area (TPSA) is 32.7 Å². The van der Waals surface area contributed by atoms with Crippen LogP contribution in [-0.4, -0.2) is 55.1 Å². The van der Waals surface area contributed by atoms with Crippen molar-refractivity contribution < 1.29 is 14.2 Å². The van der Waals surface area contributed by atoms with E-state index >= 15 is 0 Å². The van der Waals surface area contributed by atoms with Crippen LogP contribution >= 0.6 is 0 Å². The number of ether oxygens (including phenoxy) is 1. The molecule has 0 aromatic rings. The van der Waals surface area contributed by atoms with Gasteiger partial charge in [0.15, 0.2) is 0 Å². The van der Waals surface area contributed by atoms with E-state index in [2.05, 4.69) is 0 Å². The normalized spacial score (nSPS) is 32.2. The highest BCUT2D eigenvalue weighted by Crippen LogP contribution is 2.10. The summed E-state index contributed by atoms with van der Waals surface area (Å²) in [6, 6.07) is 0.267. The maximum absolute atomic E-state index is 12.0. The molecule has 1 N–H and O–H groups in total. The van der Waals surface area contributed by atoms with Gasteiger partial charge in [-0.05, 0) is 6.92 Å². The van der Waals surface area contributed by atoms with Gasteiger partial charge in [0.1, 0.15) is 6.67 Å². The molecule has 12 heavy (non-hydrogen) atoms. The second-order valence-electron chi connectivity index (χ2n) is 3.17. The van der Waals surface area contributed by atoms with Gasteiger partial charge >= 0.3 is 0 Å². The van der Waals surface area contributed by atoms with Gasteiger partial charge in [-0.3, -0.25) is 4.90 Å². The maximum atomic E-state index is 12.0. The number of morpholine rings is 1. The summed E-state index contributed by atoms with van der Waals surface area (Å²) in [4.78, 5) is 2.00. The van der Waals surface area contributed by atoms with Crippen LogP contribution in [0.2, 0.25) is 0 Å². The summed E-state index contributed by atoms with van der Waals surface area (Å²) in [6.45, 7) is 3.37. The minimum atomic E-state index is -0.331. The minimum Gasteiger partial charge on any atom is -0.394 e. The average molecular weight is 177 g/mol. The third kappa shape index (κ3) is 2.40. The number of aliphatic hydroxyl groups excluding tert-OH is 1. The molecule has 0 spiro atoms. The van der Waals surface area contributed by atoms with E-state index in [1.54, 1.807) is 0 Å². The van der Waals surface area contributed by atoms with Crippen LogP contribution in [0, 0.1) is 0 Å². The molecule has 1 aliphatic rings. The predicted octanol–water partition coefficient (Wildman–Crippen LogP) is 0.0375. The van der Waals surface area contributed by atoms with Crippen LogP contribution in [0.5, 0.6) is 0 Å². The number of alkyl halides is 1. The maximum Gasteiger partial charge on any atom is 0.102 e. The molecule has 1 aliphatic heterocycles. The molecule has 4 heteroatoms. The first kappa shape index (κ1) is 9.89. The van der Waals surface area contributed by atoms with Crippen molar-refractivity contribution in [1.29, 1.82) is 0 Å². The summed E-state index contributed by atoms with van der Waals surface area (Å²) in [5.41, 5.74) is 0. The van der Waals surface area contributed by atoms with Crippen LogP contribution in [0.3, 0.4) is 0 Å². The van der Waals surface area contributed by atoms with E-state index in [4.69, 9.17) is 9.84 Å². The summed E-state index contributed by atoms with van der Waals surface area (Å²) in [5, 5.41) is 8.82. The zero-order chi connectivity index (χ0) is 8.97. The Hall–Kier alpha value is -0.190. The summed E-state index contributed by atoms with van der Waals surface area (Å²) in [6.07, 6.45) is -0.132. The van der Waals surface area contributed by atoms with Gasteiger partial charge in [-0.15, -0.1) is 0 Å². The molecule has 72 valence electrons. The van der Waals surface area contributed by atoms with Crippen LogP contribution in [0.15, 0.2) is 0 Å². The molecule has 0 amide bonds. The van der Waals surface area contributed by atoms with Crippen molar-refractivity contribution in [3.05, 3.63) is 0 Å². The van der Waals surface area contributed by atoms with E-state index in [0.29, 0.717) is 19.7 Å². The second-order valence-corrected chi connectivity index (χ2v) is 3.17. The van der Waals surface area contributed by atoms with Crippen molar-refractivity contribution in [3.63, 3.8) is 0 Å². The lowest BCUT2D eigenvalue weighted by molar-refractivity contribution is -0.0786. The standard InChI is InChI=1S/C8H16FNO2/c1-7-6-12-8(5-11)4-10(7)3-2-9/h7-8,11H,2-6H2,1H3. The van der Waals surface area contributed by atoms with E-state index in [0.717, 1.165) is 0 Å². The van der Waals surface area contributed by atoms with Gasteiger partial charge in [0.25, 0.3) is 0 Å². The highest BCUT2D eigenvalue weighted by molar-refractivity contribution is 4.76. The monoisotopic (exact) mass is 177 g/mol. The third-order valence-electron chi connectivity index (χ3n) is 2.21. The molecular formula is C8H16FNO2. The van der Waals surface area contributed by atoms with Crippen LogP contribution in [0.1, 0.15) is 6.92 Å². The van der Waals surface area contributed by atoms with Crippen molar-refractivity contribution in [3.8, 4) is 0 Å². The van der Waals surface area contributed by atoms with Crippen molar-refractivity contribution >= 4 is 0 Å². The number of nitrogens with zero attached hydrogens (tertiary/aromatic N) is 1. The molecule has 0 radical (unpaired) electrons. The third-order valence-corrected chi connectivity index (χ3v) is 2.21. The largest absolute Gasteiger partial charge is 0.394 e. The first-order valence-corrected chi connectivity index (χ1v) is 4.30. The molecule has 2 atom stereocenters. The lowest BCUT2D eigenvalue weighted by Crippen LogP contribution is -2.50. The van der Waals surface area contributed by atoms with E-state index in [-0.39, 0.29) is 25.4 Å². The van der Waals surface area contributed by atoms with E-state index in [1.807, 2.05) is 11.8 Å². The number of halogens is 1. The highest BCUT2D eigenvalue weighted by Gasteiger charge is 2.24. The van der Waals surface area contributed by atoms with Gasteiger partial charge in [-0.2, -0.15) is 0 Å². The number of rotatable bonds is 3. The fraction of sp³-hybridized carbons (Fsp3) is 1.00. The average Bonchev–Trinajstić information content (AvgIpc) is 2.09. The number of hydrogen-bond acceptors (Lipinski definition) is 3. The Morgan fingerprint density at radius 1 is 1.67 bits per heavy atom. The highest BCUT2D eigenvalue weighted by atomic mass is 19.1. The Morgan fingerprint density at radius 2 is 2.42 bits per heavy atom. The van der Waals surface area contributed by atoms with Crippen LogP contribution in [0.4, 0.5) is 4.39 Å². The second kappa shape index (κ2) is 4.74. The molecule has 2 unspecified atom stereocenters. The Kier molecular flexibility index (Phi) is 3.91. The fourth-order valence-electron chi connectivity index (χ4n) is 1.41. The molecule has 1 heterocycles. The summed E-state index contributed by atoms with van der Waals surface area (Å²) < 4.78 is 17.3. The van der Waals surface area contributed by atoms with Crippen LogP contribution < -0.4 is 0 Å². The minimum absolute atomic E-state index is 0.0233. The number of aliphatic hydroxyl groups is 1. The SMILES string of the molecule is CC1COC(CO)CN1CCF. The molecular weight excluding hydrogens is 161 g/mol. The van der Waals surface area contributed by atoms with E-state index in [1.165, 1.54) is 0 Å². The summed E-state index contributed by atoms with van der Waals surface area (Å²) in [7, 11) is 0. The molecule has 0 aromatic heterocycles. The van der Waals surface area contributed by atoms with Crippen molar-refractivity contribution in [2.75, 3.05) is 33.0 Å². The van der Waals surface area contributed by atoms with E-state index < -0.39 is 0 Å². The first-order valence-electron chi connectivity index (χ1n) is 4.30. The predicted molar refractivity (Wildman–Crippen MR) is 43.8 cm³/mol. The Labute approximate surface area is 72.1 Å². The lowest BCUT2D eigenvalue weighted by Gasteiger charge is -2.36. The zero-order valence-electron chi connectivity index (χ0n) is 7.37. The summed E-state index contributed by atoms with van der Waals surface area (Å²) >= 11 is 0. The van der Waals surface area contributed by atoms with E-state index in [9.17, 15) is 4.39 Å². The Morgan fingerprint density at radius 3 is 3.00 bits per heavy atom. The molecule has 0 bridgehead atoms. The quantitative estimate of drug-likeness (QED) is 0.660. The Balaban J connectivity index is 2.36. The van der Waals surface area contributed by atoms with Gasteiger partial charge in [-0.25, -0.2) is 4.39 Å². The molecule has 1 saturated heterocycles. The molecule has 3 nitrogen and oxygen atoms in total.